The predicted molar refractivity (Wildman–Crippen MR) is 39.5 cm³/mol. The SMILES string of the molecule is FC(F)(F)Oc1cccc(O[Si])c1. The van der Waals surface area contributed by atoms with Crippen molar-refractivity contribution in [2.24, 2.45) is 0 Å². The first-order valence-electron chi connectivity index (χ1n) is 3.20. The second kappa shape index (κ2) is 3.69. The number of rotatable bonds is 2. The molecule has 0 aliphatic rings. The van der Waals surface area contributed by atoms with Crippen molar-refractivity contribution in [3.05, 3.63) is 24.3 Å². The van der Waals surface area contributed by atoms with Gasteiger partial charge in [-0.2, -0.15) is 0 Å². The summed E-state index contributed by atoms with van der Waals surface area (Å²) in [6, 6.07) is 5.16. The lowest BCUT2D eigenvalue weighted by atomic mass is 10.3. The third-order valence-corrected chi connectivity index (χ3v) is 1.39. The average Bonchev–Trinajstić information content (AvgIpc) is 2.01. The Balaban J connectivity index is 2.78. The average molecular weight is 205 g/mol. The van der Waals surface area contributed by atoms with Crippen LogP contribution in [0.1, 0.15) is 0 Å². The first-order chi connectivity index (χ1) is 6.01. The summed E-state index contributed by atoms with van der Waals surface area (Å²) in [4.78, 5) is 0. The first-order valence-corrected chi connectivity index (χ1v) is 3.61. The van der Waals surface area contributed by atoms with E-state index >= 15 is 0 Å². The fourth-order valence-corrected chi connectivity index (χ4v) is 0.862. The third-order valence-electron chi connectivity index (χ3n) is 1.16. The van der Waals surface area contributed by atoms with E-state index in [9.17, 15) is 13.2 Å². The Morgan fingerprint density at radius 3 is 2.31 bits per heavy atom. The van der Waals surface area contributed by atoms with E-state index in [0.717, 1.165) is 6.07 Å². The quantitative estimate of drug-likeness (QED) is 0.688. The Labute approximate surface area is 75.8 Å². The van der Waals surface area contributed by atoms with Gasteiger partial charge in [0.15, 0.2) is 0 Å². The molecule has 0 spiro atoms. The fraction of sp³-hybridized carbons (Fsp3) is 0.143. The number of alkyl halides is 3. The molecule has 1 aromatic carbocycles. The molecule has 0 fully saturated rings. The first kappa shape index (κ1) is 9.91. The Hall–Kier alpha value is -1.17. The molecule has 0 saturated carbocycles. The van der Waals surface area contributed by atoms with Gasteiger partial charge in [-0.1, -0.05) is 6.07 Å². The molecule has 3 radical (unpaired) electrons. The zero-order valence-electron chi connectivity index (χ0n) is 6.26. The van der Waals surface area contributed by atoms with Crippen molar-refractivity contribution in [3.8, 4) is 11.5 Å². The number of hydrogen-bond donors (Lipinski definition) is 0. The van der Waals surface area contributed by atoms with Gasteiger partial charge in [0.25, 0.3) is 0 Å². The summed E-state index contributed by atoms with van der Waals surface area (Å²) in [5.74, 6) is -0.0818. The molecule has 0 aromatic heterocycles. The highest BCUT2D eigenvalue weighted by Gasteiger charge is 2.31. The van der Waals surface area contributed by atoms with Gasteiger partial charge in [-0.05, 0) is 12.1 Å². The minimum atomic E-state index is -4.68. The minimum Gasteiger partial charge on any atom is -0.540 e. The van der Waals surface area contributed by atoms with Crippen molar-refractivity contribution in [3.63, 3.8) is 0 Å². The zero-order valence-corrected chi connectivity index (χ0v) is 7.26. The second-order valence-corrected chi connectivity index (χ2v) is 2.33. The lowest BCUT2D eigenvalue weighted by Crippen LogP contribution is -2.17. The van der Waals surface area contributed by atoms with E-state index in [2.05, 4.69) is 19.6 Å². The number of ether oxygens (including phenoxy) is 1. The highest BCUT2D eigenvalue weighted by molar-refractivity contribution is 5.99. The normalized spacial score (nSPS) is 11.1. The molecule has 1 aromatic rings. The summed E-state index contributed by atoms with van der Waals surface area (Å²) in [5.41, 5.74) is 0. The molecule has 0 atom stereocenters. The van der Waals surface area contributed by atoms with E-state index in [4.69, 9.17) is 0 Å². The highest BCUT2D eigenvalue weighted by Crippen LogP contribution is 2.25. The minimum absolute atomic E-state index is 0.235. The summed E-state index contributed by atoms with van der Waals surface area (Å²) in [7, 11) is 2.68. The van der Waals surface area contributed by atoms with Gasteiger partial charge >= 0.3 is 16.8 Å². The molecule has 0 heterocycles. The van der Waals surface area contributed by atoms with E-state index in [1.54, 1.807) is 0 Å². The highest BCUT2D eigenvalue weighted by atomic mass is 28.2. The van der Waals surface area contributed by atoms with Crippen molar-refractivity contribution in [1.29, 1.82) is 0 Å². The van der Waals surface area contributed by atoms with E-state index in [1.807, 2.05) is 0 Å². The third kappa shape index (κ3) is 3.37. The van der Waals surface area contributed by atoms with Crippen LogP contribution in [0, 0.1) is 0 Å². The number of hydrogen-bond acceptors (Lipinski definition) is 2. The molecule has 0 aliphatic heterocycles. The monoisotopic (exact) mass is 205 g/mol. The molecule has 0 unspecified atom stereocenters. The van der Waals surface area contributed by atoms with Gasteiger partial charge in [0.05, 0.1) is 0 Å². The van der Waals surface area contributed by atoms with E-state index in [1.165, 1.54) is 18.2 Å². The molecular weight excluding hydrogens is 201 g/mol. The lowest BCUT2D eigenvalue weighted by molar-refractivity contribution is -0.274. The molecule has 2 nitrogen and oxygen atoms in total. The van der Waals surface area contributed by atoms with E-state index in [-0.39, 0.29) is 11.5 Å². The van der Waals surface area contributed by atoms with Gasteiger partial charge < -0.3 is 9.16 Å². The summed E-state index contributed by atoms with van der Waals surface area (Å²) in [6.07, 6.45) is -4.68. The molecule has 0 bridgehead atoms. The molecule has 13 heavy (non-hydrogen) atoms. The molecule has 0 amide bonds. The van der Waals surface area contributed by atoms with Crippen molar-refractivity contribution in [2.45, 2.75) is 6.36 Å². The largest absolute Gasteiger partial charge is 0.573 e. The molecule has 0 saturated heterocycles. The smallest absolute Gasteiger partial charge is 0.540 e. The van der Waals surface area contributed by atoms with E-state index in [0.29, 0.717) is 0 Å². The Bertz CT molecular complexity index is 287. The molecule has 69 valence electrons. The molecule has 0 N–H and O–H groups in total. The zero-order chi connectivity index (χ0) is 9.90. The van der Waals surface area contributed by atoms with Crippen LogP contribution in [0.15, 0.2) is 24.3 Å². The summed E-state index contributed by atoms with van der Waals surface area (Å²) in [6.45, 7) is 0. The standard InChI is InChI=1S/C7H4F3O2Si/c8-7(9,10)11-5-2-1-3-6(4-5)12-13/h1-4H. The van der Waals surface area contributed by atoms with Crippen LogP contribution in [-0.2, 0) is 0 Å². The topological polar surface area (TPSA) is 18.5 Å². The summed E-state index contributed by atoms with van der Waals surface area (Å²) < 4.78 is 43.3. The molecule has 1 rings (SSSR count). The second-order valence-electron chi connectivity index (χ2n) is 2.12. The predicted octanol–water partition coefficient (Wildman–Crippen LogP) is 2.05. The van der Waals surface area contributed by atoms with Gasteiger partial charge in [-0.25, -0.2) is 0 Å². The maximum absolute atomic E-state index is 11.7. The van der Waals surface area contributed by atoms with Crippen LogP contribution < -0.4 is 9.16 Å². The van der Waals surface area contributed by atoms with Crippen LogP contribution in [-0.4, -0.2) is 16.8 Å². The van der Waals surface area contributed by atoms with Crippen LogP contribution in [0.25, 0.3) is 0 Å². The maximum atomic E-state index is 11.7. The van der Waals surface area contributed by atoms with Crippen LogP contribution in [0.5, 0.6) is 11.5 Å². The van der Waals surface area contributed by atoms with Gasteiger partial charge in [-0.15, -0.1) is 13.2 Å². The Morgan fingerprint density at radius 2 is 1.77 bits per heavy atom. The summed E-state index contributed by atoms with van der Waals surface area (Å²) in [5, 5.41) is 0. The van der Waals surface area contributed by atoms with Crippen molar-refractivity contribution < 1.29 is 22.3 Å². The lowest BCUT2D eigenvalue weighted by Gasteiger charge is -2.09. The van der Waals surface area contributed by atoms with Gasteiger partial charge in [-0.3, -0.25) is 0 Å². The van der Waals surface area contributed by atoms with Gasteiger partial charge in [0, 0.05) is 6.07 Å². The van der Waals surface area contributed by atoms with Crippen LogP contribution in [0.4, 0.5) is 13.2 Å². The number of halogens is 3. The van der Waals surface area contributed by atoms with E-state index < -0.39 is 6.36 Å². The van der Waals surface area contributed by atoms with Crippen molar-refractivity contribution in [2.75, 3.05) is 0 Å². The Morgan fingerprint density at radius 1 is 1.15 bits per heavy atom. The van der Waals surface area contributed by atoms with Crippen LogP contribution in [0.3, 0.4) is 0 Å². The fourth-order valence-electron chi connectivity index (χ4n) is 0.735. The van der Waals surface area contributed by atoms with Gasteiger partial charge in [0.2, 0.25) is 0 Å². The summed E-state index contributed by atoms with van der Waals surface area (Å²) >= 11 is 0. The number of benzene rings is 1. The van der Waals surface area contributed by atoms with Crippen molar-refractivity contribution in [1.82, 2.24) is 0 Å². The Kier molecular flexibility index (Phi) is 2.82. The van der Waals surface area contributed by atoms with Crippen molar-refractivity contribution >= 4 is 10.5 Å². The molecular formula is C7H4F3O2Si. The van der Waals surface area contributed by atoms with Crippen LogP contribution in [0.2, 0.25) is 0 Å². The molecule has 0 aliphatic carbocycles. The van der Waals surface area contributed by atoms with Gasteiger partial charge in [0.1, 0.15) is 11.5 Å². The maximum Gasteiger partial charge on any atom is 0.573 e. The molecule has 6 heteroatoms. The van der Waals surface area contributed by atoms with Crippen LogP contribution >= 0.6 is 0 Å².